The molecule has 1 aromatic heterocycles. The van der Waals surface area contributed by atoms with Crippen molar-refractivity contribution in [3.05, 3.63) is 24.3 Å². The molecule has 2 rings (SSSR count). The average Bonchev–Trinajstić information content (AvgIpc) is 2.30. The van der Waals surface area contributed by atoms with Crippen LogP contribution in [-0.2, 0) is 0 Å². The van der Waals surface area contributed by atoms with Gasteiger partial charge in [-0.05, 0) is 26.2 Å². The van der Waals surface area contributed by atoms with Gasteiger partial charge in [0.25, 0.3) is 5.91 Å². The van der Waals surface area contributed by atoms with Crippen LogP contribution in [0.2, 0.25) is 0 Å². The molecule has 15 heavy (non-hydrogen) atoms. The Morgan fingerprint density at radius 2 is 2.33 bits per heavy atom. The minimum atomic E-state index is 0.00954. The molecule has 0 N–H and O–H groups in total. The first kappa shape index (κ1) is 10.1. The first-order chi connectivity index (χ1) is 7.29. The van der Waals surface area contributed by atoms with Crippen molar-refractivity contribution in [1.82, 2.24) is 14.9 Å². The van der Waals surface area contributed by atoms with Crippen molar-refractivity contribution in [2.24, 2.45) is 0 Å². The van der Waals surface area contributed by atoms with Gasteiger partial charge in [0.1, 0.15) is 5.69 Å². The lowest BCUT2D eigenvalue weighted by atomic mass is 10.0. The molecule has 0 bridgehead atoms. The predicted molar refractivity (Wildman–Crippen MR) is 56.4 cm³/mol. The summed E-state index contributed by atoms with van der Waals surface area (Å²) in [5.74, 6) is 0.00954. The summed E-state index contributed by atoms with van der Waals surface area (Å²) in [5, 5.41) is 0. The number of likely N-dealkylation sites (tertiary alicyclic amines) is 1. The van der Waals surface area contributed by atoms with E-state index in [9.17, 15) is 4.79 Å². The number of rotatable bonds is 1. The highest BCUT2D eigenvalue weighted by Gasteiger charge is 2.24. The highest BCUT2D eigenvalue weighted by atomic mass is 16.2. The fraction of sp³-hybridized carbons (Fsp3) is 0.545. The van der Waals surface area contributed by atoms with Gasteiger partial charge in [0.2, 0.25) is 0 Å². The smallest absolute Gasteiger partial charge is 0.274 e. The number of carbonyl (C=O) groups excluding carboxylic acids is 1. The maximum atomic E-state index is 12.0. The zero-order valence-corrected chi connectivity index (χ0v) is 8.89. The molecule has 0 saturated carbocycles. The molecule has 4 heteroatoms. The minimum absolute atomic E-state index is 0.00954. The Hall–Kier alpha value is -1.45. The summed E-state index contributed by atoms with van der Waals surface area (Å²) in [4.78, 5) is 21.9. The zero-order valence-electron chi connectivity index (χ0n) is 8.89. The number of hydrogen-bond acceptors (Lipinski definition) is 3. The van der Waals surface area contributed by atoms with Crippen LogP contribution in [0.1, 0.15) is 36.7 Å². The van der Waals surface area contributed by atoms with E-state index in [2.05, 4.69) is 16.9 Å². The Labute approximate surface area is 89.3 Å². The molecular weight excluding hydrogens is 190 g/mol. The number of amides is 1. The van der Waals surface area contributed by atoms with Crippen molar-refractivity contribution >= 4 is 5.91 Å². The number of hydrogen-bond donors (Lipinski definition) is 0. The molecule has 0 spiro atoms. The topological polar surface area (TPSA) is 46.1 Å². The number of carbonyl (C=O) groups is 1. The van der Waals surface area contributed by atoms with Crippen LogP contribution >= 0.6 is 0 Å². The van der Waals surface area contributed by atoms with Crippen molar-refractivity contribution in [1.29, 1.82) is 0 Å². The van der Waals surface area contributed by atoms with Gasteiger partial charge in [0.05, 0.1) is 6.20 Å². The van der Waals surface area contributed by atoms with Gasteiger partial charge in [-0.3, -0.25) is 9.78 Å². The standard InChI is InChI=1S/C11H15N3O/c1-9-4-2-3-7-14(9)11(15)10-8-12-5-6-13-10/h5-6,8-9H,2-4,7H2,1H3. The second-order valence-electron chi connectivity index (χ2n) is 3.93. The third-order valence-electron chi connectivity index (χ3n) is 2.85. The SMILES string of the molecule is CC1CCCCN1C(=O)c1cnccn1. The molecule has 1 amide bonds. The summed E-state index contributed by atoms with van der Waals surface area (Å²) in [6.45, 7) is 2.93. The first-order valence-electron chi connectivity index (χ1n) is 5.36. The monoisotopic (exact) mass is 205 g/mol. The molecular formula is C11H15N3O. The van der Waals surface area contributed by atoms with Crippen molar-refractivity contribution in [3.63, 3.8) is 0 Å². The maximum absolute atomic E-state index is 12.0. The van der Waals surface area contributed by atoms with Crippen molar-refractivity contribution in [2.75, 3.05) is 6.54 Å². The van der Waals surface area contributed by atoms with Gasteiger partial charge in [0.15, 0.2) is 0 Å². The highest BCUT2D eigenvalue weighted by molar-refractivity contribution is 5.92. The van der Waals surface area contributed by atoms with Crippen LogP contribution in [0.15, 0.2) is 18.6 Å². The van der Waals surface area contributed by atoms with Gasteiger partial charge in [-0.1, -0.05) is 0 Å². The lowest BCUT2D eigenvalue weighted by molar-refractivity contribution is 0.0629. The molecule has 80 valence electrons. The largest absolute Gasteiger partial charge is 0.335 e. The molecule has 1 fully saturated rings. The van der Waals surface area contributed by atoms with Crippen LogP contribution in [0, 0.1) is 0 Å². The third-order valence-corrected chi connectivity index (χ3v) is 2.85. The summed E-state index contributed by atoms with van der Waals surface area (Å²) in [6.07, 6.45) is 8.07. The minimum Gasteiger partial charge on any atom is -0.335 e. The molecule has 2 heterocycles. The Kier molecular flexibility index (Phi) is 2.94. The van der Waals surface area contributed by atoms with Crippen molar-refractivity contribution in [2.45, 2.75) is 32.2 Å². The van der Waals surface area contributed by atoms with E-state index < -0.39 is 0 Å². The Balaban J connectivity index is 2.13. The van der Waals surface area contributed by atoms with Gasteiger partial charge < -0.3 is 4.90 Å². The molecule has 0 aliphatic carbocycles. The van der Waals surface area contributed by atoms with Gasteiger partial charge in [0, 0.05) is 25.0 Å². The molecule has 4 nitrogen and oxygen atoms in total. The van der Waals surface area contributed by atoms with E-state index in [1.165, 1.54) is 12.6 Å². The quantitative estimate of drug-likeness (QED) is 0.697. The molecule has 1 aliphatic heterocycles. The van der Waals surface area contributed by atoms with Crippen LogP contribution in [0.25, 0.3) is 0 Å². The summed E-state index contributed by atoms with van der Waals surface area (Å²) >= 11 is 0. The third kappa shape index (κ3) is 2.14. The van der Waals surface area contributed by atoms with Crippen LogP contribution < -0.4 is 0 Å². The van der Waals surface area contributed by atoms with Crippen LogP contribution in [0.5, 0.6) is 0 Å². The lowest BCUT2D eigenvalue weighted by Gasteiger charge is -2.33. The van der Waals surface area contributed by atoms with E-state index in [1.54, 1.807) is 12.4 Å². The summed E-state index contributed by atoms with van der Waals surface area (Å²) < 4.78 is 0. The number of nitrogens with zero attached hydrogens (tertiary/aromatic N) is 3. The molecule has 1 aliphatic rings. The molecule has 0 aromatic carbocycles. The Bertz CT molecular complexity index is 339. The Morgan fingerprint density at radius 1 is 1.47 bits per heavy atom. The van der Waals surface area contributed by atoms with E-state index in [1.807, 2.05) is 4.90 Å². The van der Waals surface area contributed by atoms with Crippen LogP contribution in [-0.4, -0.2) is 33.4 Å². The highest BCUT2D eigenvalue weighted by Crippen LogP contribution is 2.17. The zero-order chi connectivity index (χ0) is 10.7. The summed E-state index contributed by atoms with van der Waals surface area (Å²) in [5.41, 5.74) is 0.450. The normalized spacial score (nSPS) is 21.4. The lowest BCUT2D eigenvalue weighted by Crippen LogP contribution is -2.42. The second kappa shape index (κ2) is 4.38. The fourth-order valence-corrected chi connectivity index (χ4v) is 1.96. The van der Waals surface area contributed by atoms with Gasteiger partial charge >= 0.3 is 0 Å². The summed E-state index contributed by atoms with van der Waals surface area (Å²) in [7, 11) is 0. The van der Waals surface area contributed by atoms with Gasteiger partial charge in [-0.2, -0.15) is 0 Å². The maximum Gasteiger partial charge on any atom is 0.274 e. The van der Waals surface area contributed by atoms with E-state index in [4.69, 9.17) is 0 Å². The van der Waals surface area contributed by atoms with Crippen molar-refractivity contribution < 1.29 is 4.79 Å². The number of aromatic nitrogens is 2. The second-order valence-corrected chi connectivity index (χ2v) is 3.93. The van der Waals surface area contributed by atoms with Gasteiger partial charge in [-0.25, -0.2) is 4.98 Å². The molecule has 1 unspecified atom stereocenters. The van der Waals surface area contributed by atoms with E-state index in [0.29, 0.717) is 11.7 Å². The number of piperidine rings is 1. The summed E-state index contributed by atoms with van der Waals surface area (Å²) in [6, 6.07) is 0.327. The van der Waals surface area contributed by atoms with E-state index in [-0.39, 0.29) is 5.91 Å². The molecule has 1 atom stereocenters. The van der Waals surface area contributed by atoms with Gasteiger partial charge in [-0.15, -0.1) is 0 Å². The molecule has 1 aromatic rings. The molecule has 1 saturated heterocycles. The van der Waals surface area contributed by atoms with Crippen LogP contribution in [0.3, 0.4) is 0 Å². The van der Waals surface area contributed by atoms with Crippen LogP contribution in [0.4, 0.5) is 0 Å². The predicted octanol–water partition coefficient (Wildman–Crippen LogP) is 1.49. The first-order valence-corrected chi connectivity index (χ1v) is 5.36. The van der Waals surface area contributed by atoms with E-state index >= 15 is 0 Å². The Morgan fingerprint density at radius 3 is 3.00 bits per heavy atom. The van der Waals surface area contributed by atoms with Crippen molar-refractivity contribution in [3.8, 4) is 0 Å². The fourth-order valence-electron chi connectivity index (χ4n) is 1.96. The molecule has 0 radical (unpaired) electrons. The van der Waals surface area contributed by atoms with E-state index in [0.717, 1.165) is 19.4 Å². The average molecular weight is 205 g/mol.